The minimum absolute atomic E-state index is 0.0404. The Labute approximate surface area is 257 Å². The fourth-order valence-electron chi connectivity index (χ4n) is 5.02. The molecule has 0 bridgehead atoms. The third kappa shape index (κ3) is 10.1. The number of para-hydroxylation sites is 2. The van der Waals surface area contributed by atoms with Crippen LogP contribution in [0.3, 0.4) is 0 Å². The molecule has 1 aliphatic heterocycles. The molecule has 0 radical (unpaired) electrons. The minimum atomic E-state index is -0.946. The molecule has 0 aliphatic carbocycles. The second-order valence-corrected chi connectivity index (χ2v) is 10.7. The number of amides is 2. The van der Waals surface area contributed by atoms with Crippen LogP contribution in [0.5, 0.6) is 17.2 Å². The molecular weight excluding hydrogens is 572 g/mol. The summed E-state index contributed by atoms with van der Waals surface area (Å²) in [5.41, 5.74) is 2.08. The zero-order valence-corrected chi connectivity index (χ0v) is 25.1. The molecule has 3 aromatic rings. The van der Waals surface area contributed by atoms with Crippen LogP contribution in [-0.4, -0.2) is 74.2 Å². The van der Waals surface area contributed by atoms with Crippen LogP contribution < -0.4 is 19.5 Å². The van der Waals surface area contributed by atoms with E-state index in [1.807, 2.05) is 66.7 Å². The molecule has 9 nitrogen and oxygen atoms in total. The van der Waals surface area contributed by atoms with Crippen LogP contribution in [0.25, 0.3) is 0 Å². The number of likely N-dealkylation sites (tertiary alicyclic amines) is 1. The molecule has 0 spiro atoms. The summed E-state index contributed by atoms with van der Waals surface area (Å²) in [7, 11) is 0. The molecule has 1 fully saturated rings. The van der Waals surface area contributed by atoms with Gasteiger partial charge in [-0.2, -0.15) is 0 Å². The summed E-state index contributed by atoms with van der Waals surface area (Å²) in [6, 6.07) is 23.0. The topological polar surface area (TPSA) is 107 Å². The van der Waals surface area contributed by atoms with E-state index in [0.717, 1.165) is 22.6 Å². The normalized spacial score (nSPS) is 16.4. The van der Waals surface area contributed by atoms with Crippen molar-refractivity contribution in [2.45, 2.75) is 38.2 Å². The number of ether oxygens (including phenoxy) is 4. The number of benzene rings is 3. The molecule has 2 unspecified atom stereocenters. The number of nitrogens with zero attached hydrogens (tertiary/aromatic N) is 1. The molecule has 0 aromatic heterocycles. The number of hydrogen-bond acceptors (Lipinski definition) is 6. The molecule has 1 heterocycles. The quantitative estimate of drug-likeness (QED) is 0.210. The van der Waals surface area contributed by atoms with Crippen LogP contribution >= 0.6 is 11.6 Å². The van der Waals surface area contributed by atoms with Crippen molar-refractivity contribution in [2.75, 3.05) is 46.1 Å². The Morgan fingerprint density at radius 3 is 2.35 bits per heavy atom. The zero-order chi connectivity index (χ0) is 30.4. The van der Waals surface area contributed by atoms with Crippen molar-refractivity contribution in [2.24, 2.45) is 0 Å². The highest BCUT2D eigenvalue weighted by atomic mass is 35.5. The number of carbonyl (C=O) groups excluding carboxylic acids is 1. The van der Waals surface area contributed by atoms with E-state index < -0.39 is 6.09 Å². The van der Waals surface area contributed by atoms with Gasteiger partial charge in [-0.25, -0.2) is 4.79 Å². The number of nitrogens with one attached hydrogen (secondary N) is 1. The van der Waals surface area contributed by atoms with Crippen molar-refractivity contribution in [3.05, 3.63) is 88.9 Å². The van der Waals surface area contributed by atoms with Crippen LogP contribution in [0, 0.1) is 0 Å². The first kappa shape index (κ1) is 32.0. The van der Waals surface area contributed by atoms with Crippen LogP contribution in [0.1, 0.15) is 36.8 Å². The van der Waals surface area contributed by atoms with Crippen molar-refractivity contribution < 1.29 is 33.6 Å². The van der Waals surface area contributed by atoms with E-state index in [4.69, 9.17) is 30.5 Å². The lowest BCUT2D eigenvalue weighted by molar-refractivity contribution is -0.118. The summed E-state index contributed by atoms with van der Waals surface area (Å²) in [5, 5.41) is 13.0. The largest absolute Gasteiger partial charge is 0.493 e. The number of piperidine rings is 1. The average molecular weight is 611 g/mol. The molecule has 1 saturated heterocycles. The smallest absolute Gasteiger partial charge is 0.407 e. The first-order valence-corrected chi connectivity index (χ1v) is 14.9. The second-order valence-electron chi connectivity index (χ2n) is 10.3. The number of hydrogen-bond donors (Lipinski definition) is 2. The van der Waals surface area contributed by atoms with E-state index in [-0.39, 0.29) is 24.5 Å². The predicted molar refractivity (Wildman–Crippen MR) is 165 cm³/mol. The maximum atomic E-state index is 11.7. The lowest BCUT2D eigenvalue weighted by Gasteiger charge is -2.37. The van der Waals surface area contributed by atoms with E-state index in [1.165, 1.54) is 11.8 Å². The predicted octanol–water partition coefficient (Wildman–Crippen LogP) is 5.80. The van der Waals surface area contributed by atoms with Gasteiger partial charge in [0.15, 0.2) is 0 Å². The highest BCUT2D eigenvalue weighted by Gasteiger charge is 2.33. The molecular formula is C33H39ClN2O7. The molecule has 43 heavy (non-hydrogen) atoms. The van der Waals surface area contributed by atoms with E-state index in [2.05, 4.69) is 5.32 Å². The van der Waals surface area contributed by atoms with Gasteiger partial charge in [0.25, 0.3) is 0 Å². The molecule has 2 N–H and O–H groups in total. The summed E-state index contributed by atoms with van der Waals surface area (Å²) >= 11 is 6.12. The Bertz CT molecular complexity index is 1320. The third-order valence-corrected chi connectivity index (χ3v) is 7.52. The lowest BCUT2D eigenvalue weighted by Crippen LogP contribution is -2.46. The molecule has 0 saturated carbocycles. The van der Waals surface area contributed by atoms with Crippen molar-refractivity contribution in [3.8, 4) is 17.2 Å². The van der Waals surface area contributed by atoms with E-state index in [0.29, 0.717) is 69.6 Å². The van der Waals surface area contributed by atoms with Gasteiger partial charge in [-0.15, -0.1) is 0 Å². The van der Waals surface area contributed by atoms with E-state index in [9.17, 15) is 14.7 Å². The fourth-order valence-corrected chi connectivity index (χ4v) is 5.21. The average Bonchev–Trinajstić information content (AvgIpc) is 3.01. The Kier molecular flexibility index (Phi) is 12.4. The van der Waals surface area contributed by atoms with Crippen LogP contribution in [-0.2, 0) is 16.0 Å². The van der Waals surface area contributed by atoms with Gasteiger partial charge in [0.05, 0.1) is 37.5 Å². The SMILES string of the molecule is CC(=O)NCCc1ccccc1OCCOC1CN(C(=O)O)CCC1c1ccc(OCCCOc2ccccc2Cl)cc1. The standard InChI is InChI=1S/C33H39ClN2O7/c1-24(37)35-17-15-26-7-2-4-9-30(26)42-21-22-43-32-23-36(33(38)39)18-16-28(32)25-11-13-27(14-12-25)40-19-6-20-41-31-10-5-3-8-29(31)34/h2-5,7-14,28,32H,6,15-23H2,1H3,(H,35,37)(H,38,39). The van der Waals surface area contributed by atoms with Gasteiger partial charge in [0.1, 0.15) is 23.9 Å². The van der Waals surface area contributed by atoms with Gasteiger partial charge >= 0.3 is 6.09 Å². The third-order valence-electron chi connectivity index (χ3n) is 7.20. The summed E-state index contributed by atoms with van der Waals surface area (Å²) in [5.74, 6) is 2.14. The Hall–Kier alpha value is -3.95. The highest BCUT2D eigenvalue weighted by Crippen LogP contribution is 2.32. The van der Waals surface area contributed by atoms with Gasteiger partial charge in [0.2, 0.25) is 5.91 Å². The first-order chi connectivity index (χ1) is 20.9. The summed E-state index contributed by atoms with van der Waals surface area (Å²) in [6.07, 6.45) is 0.767. The molecule has 4 rings (SSSR count). The van der Waals surface area contributed by atoms with Crippen molar-refractivity contribution in [3.63, 3.8) is 0 Å². The minimum Gasteiger partial charge on any atom is -0.493 e. The first-order valence-electron chi connectivity index (χ1n) is 14.6. The molecule has 230 valence electrons. The zero-order valence-electron chi connectivity index (χ0n) is 24.4. The van der Waals surface area contributed by atoms with Crippen LogP contribution in [0.15, 0.2) is 72.8 Å². The van der Waals surface area contributed by atoms with Gasteiger partial charge in [0, 0.05) is 32.4 Å². The Morgan fingerprint density at radius 2 is 1.60 bits per heavy atom. The molecule has 10 heteroatoms. The number of carboxylic acid groups (broad SMARTS) is 1. The van der Waals surface area contributed by atoms with Gasteiger partial charge in [-0.1, -0.05) is 54.1 Å². The van der Waals surface area contributed by atoms with Gasteiger partial charge in [-0.05, 0) is 54.3 Å². The van der Waals surface area contributed by atoms with Crippen LogP contribution in [0.4, 0.5) is 4.79 Å². The van der Waals surface area contributed by atoms with Crippen molar-refractivity contribution >= 4 is 23.6 Å². The van der Waals surface area contributed by atoms with Crippen molar-refractivity contribution in [1.82, 2.24) is 10.2 Å². The van der Waals surface area contributed by atoms with Gasteiger partial charge < -0.3 is 34.3 Å². The second kappa shape index (κ2) is 16.6. The summed E-state index contributed by atoms with van der Waals surface area (Å²) < 4.78 is 23.8. The highest BCUT2D eigenvalue weighted by molar-refractivity contribution is 6.32. The van der Waals surface area contributed by atoms with Crippen LogP contribution in [0.2, 0.25) is 5.02 Å². The monoisotopic (exact) mass is 610 g/mol. The van der Waals surface area contributed by atoms with E-state index >= 15 is 0 Å². The van der Waals surface area contributed by atoms with Gasteiger partial charge in [-0.3, -0.25) is 4.79 Å². The Balaban J connectivity index is 1.26. The number of carbonyl (C=O) groups is 2. The summed E-state index contributed by atoms with van der Waals surface area (Å²) in [4.78, 5) is 24.3. The molecule has 2 atom stereocenters. The summed E-state index contributed by atoms with van der Waals surface area (Å²) in [6.45, 7) is 4.39. The Morgan fingerprint density at radius 1 is 0.907 bits per heavy atom. The molecule has 2 amide bonds. The number of rotatable bonds is 15. The van der Waals surface area contributed by atoms with Crippen molar-refractivity contribution in [1.29, 1.82) is 0 Å². The van der Waals surface area contributed by atoms with E-state index in [1.54, 1.807) is 6.07 Å². The fraction of sp³-hybridized carbons (Fsp3) is 0.394. The number of halogens is 1. The molecule has 1 aliphatic rings. The molecule has 3 aromatic carbocycles. The maximum Gasteiger partial charge on any atom is 0.407 e. The maximum absolute atomic E-state index is 11.7. The lowest BCUT2D eigenvalue weighted by atomic mass is 9.87.